The molecule has 0 bridgehead atoms. The van der Waals surface area contributed by atoms with E-state index >= 15 is 0 Å². The van der Waals surface area contributed by atoms with Gasteiger partial charge in [-0.05, 0) is 31.9 Å². The molecule has 1 saturated carbocycles. The fourth-order valence-electron chi connectivity index (χ4n) is 2.77. The van der Waals surface area contributed by atoms with E-state index in [0.29, 0.717) is 22.8 Å². The van der Waals surface area contributed by atoms with Crippen LogP contribution in [0.4, 0.5) is 0 Å². The summed E-state index contributed by atoms with van der Waals surface area (Å²) in [5, 5.41) is 6.99. The lowest BCUT2D eigenvalue weighted by molar-refractivity contribution is -0.120. The Balaban J connectivity index is 1.90. The Bertz CT molecular complexity index is 629. The maximum absolute atomic E-state index is 12.2. The normalized spacial score (nSPS) is 14.9. The standard InChI is InChI=1S/C18H25N3O4/c1-12(8-17(22)19-14-6-4-5-7-14)20-21-18(23)13-9-15(24-2)11-16(10-13)25-3/h9-11,14H,4-8H2,1-3H3,(H,19,22)(H,21,23). The van der Waals surface area contributed by atoms with Gasteiger partial charge in [0.05, 0.1) is 20.6 Å². The summed E-state index contributed by atoms with van der Waals surface area (Å²) in [4.78, 5) is 24.2. The summed E-state index contributed by atoms with van der Waals surface area (Å²) in [6.45, 7) is 1.71. The molecular formula is C18H25N3O4. The number of carbonyl (C=O) groups is 2. The second-order valence-corrected chi connectivity index (χ2v) is 6.12. The van der Waals surface area contributed by atoms with Crippen LogP contribution in [-0.4, -0.2) is 37.8 Å². The van der Waals surface area contributed by atoms with Gasteiger partial charge in [-0.1, -0.05) is 12.8 Å². The lowest BCUT2D eigenvalue weighted by atomic mass is 10.2. The van der Waals surface area contributed by atoms with Crippen molar-refractivity contribution >= 4 is 17.5 Å². The van der Waals surface area contributed by atoms with Gasteiger partial charge in [-0.15, -0.1) is 0 Å². The number of amides is 2. The predicted octanol–water partition coefficient (Wildman–Crippen LogP) is 2.26. The SMILES string of the molecule is COc1cc(OC)cc(C(=O)NN=C(C)CC(=O)NC2CCCC2)c1. The minimum atomic E-state index is -0.396. The second kappa shape index (κ2) is 9.05. The molecule has 0 saturated heterocycles. The number of carbonyl (C=O) groups excluding carboxylic acids is 2. The number of rotatable bonds is 7. The zero-order valence-electron chi connectivity index (χ0n) is 14.9. The molecule has 1 aromatic rings. The van der Waals surface area contributed by atoms with Crippen molar-refractivity contribution in [1.29, 1.82) is 0 Å². The van der Waals surface area contributed by atoms with Crippen LogP contribution in [-0.2, 0) is 4.79 Å². The van der Waals surface area contributed by atoms with E-state index in [-0.39, 0.29) is 18.4 Å². The molecule has 2 amide bonds. The molecule has 2 N–H and O–H groups in total. The lowest BCUT2D eigenvalue weighted by Crippen LogP contribution is -2.33. The minimum Gasteiger partial charge on any atom is -0.497 e. The lowest BCUT2D eigenvalue weighted by Gasteiger charge is -2.11. The summed E-state index contributed by atoms with van der Waals surface area (Å²) < 4.78 is 10.3. The Morgan fingerprint density at radius 1 is 1.12 bits per heavy atom. The van der Waals surface area contributed by atoms with Crippen LogP contribution < -0.4 is 20.2 Å². The molecule has 0 aliphatic heterocycles. The maximum atomic E-state index is 12.2. The van der Waals surface area contributed by atoms with Gasteiger partial charge in [-0.25, -0.2) is 5.43 Å². The zero-order chi connectivity index (χ0) is 18.2. The van der Waals surface area contributed by atoms with Gasteiger partial charge in [0.2, 0.25) is 5.91 Å². The summed E-state index contributed by atoms with van der Waals surface area (Å²) >= 11 is 0. The number of hydrogen-bond acceptors (Lipinski definition) is 5. The Hall–Kier alpha value is -2.57. The van der Waals surface area contributed by atoms with Crippen LogP contribution in [0.15, 0.2) is 23.3 Å². The Labute approximate surface area is 147 Å². The zero-order valence-corrected chi connectivity index (χ0v) is 14.9. The molecule has 2 rings (SSSR count). The van der Waals surface area contributed by atoms with Gasteiger partial charge in [-0.3, -0.25) is 9.59 Å². The molecule has 136 valence electrons. The monoisotopic (exact) mass is 347 g/mol. The Morgan fingerprint density at radius 2 is 1.72 bits per heavy atom. The number of methoxy groups -OCH3 is 2. The van der Waals surface area contributed by atoms with E-state index in [9.17, 15) is 9.59 Å². The molecule has 7 nitrogen and oxygen atoms in total. The number of ether oxygens (including phenoxy) is 2. The number of benzene rings is 1. The molecule has 1 aliphatic carbocycles. The molecule has 0 aromatic heterocycles. The summed E-state index contributed by atoms with van der Waals surface area (Å²) in [6.07, 6.45) is 4.57. The van der Waals surface area contributed by atoms with E-state index < -0.39 is 5.91 Å². The van der Waals surface area contributed by atoms with Crippen molar-refractivity contribution in [2.24, 2.45) is 5.10 Å². The molecule has 25 heavy (non-hydrogen) atoms. The molecular weight excluding hydrogens is 322 g/mol. The molecule has 1 fully saturated rings. The number of hydrazone groups is 1. The van der Waals surface area contributed by atoms with E-state index in [1.54, 1.807) is 25.1 Å². The third-order valence-corrected chi connectivity index (χ3v) is 4.10. The highest BCUT2D eigenvalue weighted by Gasteiger charge is 2.17. The fourth-order valence-corrected chi connectivity index (χ4v) is 2.77. The highest BCUT2D eigenvalue weighted by Crippen LogP contribution is 2.22. The summed E-state index contributed by atoms with van der Waals surface area (Å²) in [5.74, 6) is 0.570. The number of nitrogens with zero attached hydrogens (tertiary/aromatic N) is 1. The van der Waals surface area contributed by atoms with Crippen molar-refractivity contribution in [3.8, 4) is 11.5 Å². The molecule has 0 spiro atoms. The smallest absolute Gasteiger partial charge is 0.271 e. The van der Waals surface area contributed by atoms with Crippen LogP contribution in [0, 0.1) is 0 Å². The molecule has 0 radical (unpaired) electrons. The number of nitrogens with one attached hydrogen (secondary N) is 2. The van der Waals surface area contributed by atoms with Crippen molar-refractivity contribution in [2.45, 2.75) is 45.1 Å². The minimum absolute atomic E-state index is 0.0644. The first-order valence-corrected chi connectivity index (χ1v) is 8.37. The summed E-state index contributed by atoms with van der Waals surface area (Å²) in [7, 11) is 3.03. The van der Waals surface area contributed by atoms with Crippen LogP contribution in [0.25, 0.3) is 0 Å². The van der Waals surface area contributed by atoms with E-state index in [4.69, 9.17) is 9.47 Å². The van der Waals surface area contributed by atoms with E-state index in [0.717, 1.165) is 25.7 Å². The van der Waals surface area contributed by atoms with Crippen LogP contribution in [0.5, 0.6) is 11.5 Å². The molecule has 7 heteroatoms. The van der Waals surface area contributed by atoms with Crippen molar-refractivity contribution < 1.29 is 19.1 Å². The molecule has 0 unspecified atom stereocenters. The third-order valence-electron chi connectivity index (χ3n) is 4.10. The van der Waals surface area contributed by atoms with E-state index in [1.807, 2.05) is 0 Å². The summed E-state index contributed by atoms with van der Waals surface area (Å²) in [5.41, 5.74) is 3.36. The van der Waals surface area contributed by atoms with Crippen molar-refractivity contribution in [2.75, 3.05) is 14.2 Å². The van der Waals surface area contributed by atoms with E-state index in [2.05, 4.69) is 15.8 Å². The van der Waals surface area contributed by atoms with Gasteiger partial charge in [0.1, 0.15) is 11.5 Å². The third kappa shape index (κ3) is 5.77. The van der Waals surface area contributed by atoms with Gasteiger partial charge in [0, 0.05) is 23.4 Å². The largest absolute Gasteiger partial charge is 0.497 e. The van der Waals surface area contributed by atoms with E-state index in [1.165, 1.54) is 14.2 Å². The van der Waals surface area contributed by atoms with Gasteiger partial charge in [0.25, 0.3) is 5.91 Å². The first kappa shape index (κ1) is 18.8. The first-order chi connectivity index (χ1) is 12.0. The van der Waals surface area contributed by atoms with Crippen LogP contribution >= 0.6 is 0 Å². The van der Waals surface area contributed by atoms with Gasteiger partial charge in [0.15, 0.2) is 0 Å². The predicted molar refractivity (Wildman–Crippen MR) is 95.1 cm³/mol. The molecule has 0 atom stereocenters. The average molecular weight is 347 g/mol. The van der Waals surface area contributed by atoms with Gasteiger partial charge >= 0.3 is 0 Å². The first-order valence-electron chi connectivity index (χ1n) is 8.37. The van der Waals surface area contributed by atoms with Crippen molar-refractivity contribution in [3.63, 3.8) is 0 Å². The molecule has 1 aliphatic rings. The number of hydrogen-bond donors (Lipinski definition) is 2. The molecule has 1 aromatic carbocycles. The van der Waals surface area contributed by atoms with Gasteiger partial charge in [-0.2, -0.15) is 5.10 Å². The van der Waals surface area contributed by atoms with Gasteiger partial charge < -0.3 is 14.8 Å². The molecule has 0 heterocycles. The second-order valence-electron chi connectivity index (χ2n) is 6.12. The average Bonchev–Trinajstić information content (AvgIpc) is 3.11. The topological polar surface area (TPSA) is 89.0 Å². The maximum Gasteiger partial charge on any atom is 0.271 e. The van der Waals surface area contributed by atoms with Crippen LogP contribution in [0.1, 0.15) is 49.4 Å². The summed E-state index contributed by atoms with van der Waals surface area (Å²) in [6, 6.07) is 5.14. The highest BCUT2D eigenvalue weighted by molar-refractivity contribution is 6.01. The van der Waals surface area contributed by atoms with Crippen molar-refractivity contribution in [3.05, 3.63) is 23.8 Å². The highest BCUT2D eigenvalue weighted by atomic mass is 16.5. The Morgan fingerprint density at radius 3 is 2.28 bits per heavy atom. The Kier molecular flexibility index (Phi) is 6.80. The van der Waals surface area contributed by atoms with Crippen molar-refractivity contribution in [1.82, 2.24) is 10.7 Å². The van der Waals surface area contributed by atoms with Crippen LogP contribution in [0.2, 0.25) is 0 Å². The fraction of sp³-hybridized carbons (Fsp3) is 0.500. The quantitative estimate of drug-likeness (QED) is 0.585. The van der Waals surface area contributed by atoms with Crippen LogP contribution in [0.3, 0.4) is 0 Å².